The molecule has 0 fully saturated rings. The highest BCUT2D eigenvalue weighted by atomic mass is 19.1. The Kier molecular flexibility index (Phi) is 5.09. The number of para-hydroxylation sites is 1. The van der Waals surface area contributed by atoms with Gasteiger partial charge in [-0.05, 0) is 26.0 Å². The Labute approximate surface area is 106 Å². The number of hydrogen-bond acceptors (Lipinski definition) is 3. The summed E-state index contributed by atoms with van der Waals surface area (Å²) in [4.78, 5) is 12.8. The molecular weight excluding hydrogens is 237 g/mol. The van der Waals surface area contributed by atoms with Crippen molar-refractivity contribution in [1.82, 2.24) is 0 Å². The quantitative estimate of drug-likeness (QED) is 0.848. The molecule has 1 atom stereocenters. The maximum Gasteiger partial charge on any atom is 0.337 e. The first-order chi connectivity index (χ1) is 8.52. The molecule has 100 valence electrons. The number of aromatic carboxylic acids is 1. The zero-order chi connectivity index (χ0) is 13.7. The monoisotopic (exact) mass is 255 g/mol. The number of ether oxygens (including phenoxy) is 1. The van der Waals surface area contributed by atoms with Gasteiger partial charge in [0.1, 0.15) is 5.82 Å². The molecule has 0 aromatic heterocycles. The van der Waals surface area contributed by atoms with Crippen LogP contribution in [-0.2, 0) is 4.74 Å². The molecule has 0 radical (unpaired) electrons. The third-order valence-corrected chi connectivity index (χ3v) is 2.79. The first-order valence-corrected chi connectivity index (χ1v) is 5.80. The fourth-order valence-corrected chi connectivity index (χ4v) is 2.00. The fourth-order valence-electron chi connectivity index (χ4n) is 2.00. The van der Waals surface area contributed by atoms with Gasteiger partial charge in [0.05, 0.1) is 17.9 Å². The van der Waals surface area contributed by atoms with Gasteiger partial charge in [-0.2, -0.15) is 0 Å². The maximum absolute atomic E-state index is 13.9. The molecule has 1 unspecified atom stereocenters. The maximum atomic E-state index is 13.9. The van der Waals surface area contributed by atoms with E-state index in [0.29, 0.717) is 13.2 Å². The third-order valence-electron chi connectivity index (χ3n) is 2.79. The summed E-state index contributed by atoms with van der Waals surface area (Å²) in [6, 6.07) is 3.97. The highest BCUT2D eigenvalue weighted by Crippen LogP contribution is 2.26. The molecule has 0 saturated heterocycles. The van der Waals surface area contributed by atoms with Crippen LogP contribution in [0.5, 0.6) is 0 Å². The molecule has 5 heteroatoms. The molecule has 1 N–H and O–H groups in total. The molecule has 0 saturated carbocycles. The molecule has 0 bridgehead atoms. The van der Waals surface area contributed by atoms with Gasteiger partial charge in [-0.15, -0.1) is 0 Å². The number of hydrogen-bond donors (Lipinski definition) is 1. The molecular formula is C13H18FNO3. The van der Waals surface area contributed by atoms with E-state index in [9.17, 15) is 9.18 Å². The summed E-state index contributed by atoms with van der Waals surface area (Å²) < 4.78 is 18.9. The van der Waals surface area contributed by atoms with E-state index in [1.807, 2.05) is 13.8 Å². The predicted molar refractivity (Wildman–Crippen MR) is 67.7 cm³/mol. The van der Waals surface area contributed by atoms with Crippen molar-refractivity contribution in [2.75, 3.05) is 25.2 Å². The molecule has 0 aliphatic rings. The molecule has 1 rings (SSSR count). The number of anilines is 1. The number of methoxy groups -OCH3 is 1. The van der Waals surface area contributed by atoms with Crippen molar-refractivity contribution >= 4 is 11.7 Å². The van der Waals surface area contributed by atoms with Gasteiger partial charge in [0.25, 0.3) is 0 Å². The highest BCUT2D eigenvalue weighted by molar-refractivity contribution is 5.94. The Morgan fingerprint density at radius 2 is 2.22 bits per heavy atom. The van der Waals surface area contributed by atoms with E-state index in [4.69, 9.17) is 9.84 Å². The van der Waals surface area contributed by atoms with Crippen molar-refractivity contribution in [1.29, 1.82) is 0 Å². The second-order valence-corrected chi connectivity index (χ2v) is 4.03. The Bertz CT molecular complexity index is 423. The standard InChI is InChI=1S/C13H18FNO3/c1-4-15(9(2)8-18-3)12-10(13(16)17)6-5-7-11(12)14/h5-7,9H,4,8H2,1-3H3,(H,16,17). The summed E-state index contributed by atoms with van der Waals surface area (Å²) in [7, 11) is 1.56. The number of carboxylic acid groups (broad SMARTS) is 1. The Balaban J connectivity index is 3.23. The topological polar surface area (TPSA) is 49.8 Å². The van der Waals surface area contributed by atoms with Crippen LogP contribution in [0.4, 0.5) is 10.1 Å². The summed E-state index contributed by atoms with van der Waals surface area (Å²) in [5.74, 6) is -1.66. The average Bonchev–Trinajstić information content (AvgIpc) is 2.32. The third kappa shape index (κ3) is 2.98. The van der Waals surface area contributed by atoms with E-state index in [1.54, 1.807) is 12.0 Å². The van der Waals surface area contributed by atoms with Crippen LogP contribution < -0.4 is 4.90 Å². The number of likely N-dealkylation sites (N-methyl/N-ethyl adjacent to an activating group) is 1. The van der Waals surface area contributed by atoms with Gasteiger partial charge in [-0.1, -0.05) is 6.07 Å². The number of benzene rings is 1. The first-order valence-electron chi connectivity index (χ1n) is 5.80. The van der Waals surface area contributed by atoms with Gasteiger partial charge in [0.15, 0.2) is 0 Å². The smallest absolute Gasteiger partial charge is 0.337 e. The zero-order valence-electron chi connectivity index (χ0n) is 10.8. The molecule has 1 aromatic carbocycles. The van der Waals surface area contributed by atoms with E-state index in [1.165, 1.54) is 18.2 Å². The molecule has 4 nitrogen and oxygen atoms in total. The van der Waals surface area contributed by atoms with Crippen molar-refractivity contribution in [2.24, 2.45) is 0 Å². The molecule has 18 heavy (non-hydrogen) atoms. The van der Waals surface area contributed by atoms with Gasteiger partial charge in [0, 0.05) is 19.7 Å². The van der Waals surface area contributed by atoms with Gasteiger partial charge >= 0.3 is 5.97 Å². The zero-order valence-corrected chi connectivity index (χ0v) is 10.8. The molecule has 1 aromatic rings. The van der Waals surface area contributed by atoms with E-state index in [-0.39, 0.29) is 17.3 Å². The van der Waals surface area contributed by atoms with Crippen molar-refractivity contribution in [3.8, 4) is 0 Å². The van der Waals surface area contributed by atoms with Gasteiger partial charge in [-0.3, -0.25) is 0 Å². The lowest BCUT2D eigenvalue weighted by molar-refractivity contribution is 0.0696. The average molecular weight is 255 g/mol. The Hall–Kier alpha value is -1.62. The van der Waals surface area contributed by atoms with Gasteiger partial charge < -0.3 is 14.7 Å². The lowest BCUT2D eigenvalue weighted by Gasteiger charge is -2.31. The number of nitrogens with zero attached hydrogens (tertiary/aromatic N) is 1. The first kappa shape index (κ1) is 14.4. The van der Waals surface area contributed by atoms with Crippen LogP contribution >= 0.6 is 0 Å². The Morgan fingerprint density at radius 1 is 1.56 bits per heavy atom. The van der Waals surface area contributed by atoms with Crippen molar-refractivity contribution in [3.63, 3.8) is 0 Å². The predicted octanol–water partition coefficient (Wildman–Crippen LogP) is 2.39. The van der Waals surface area contributed by atoms with E-state index in [2.05, 4.69) is 0 Å². The minimum Gasteiger partial charge on any atom is -0.478 e. The number of carbonyl (C=O) groups is 1. The van der Waals surface area contributed by atoms with Crippen LogP contribution in [0.15, 0.2) is 18.2 Å². The van der Waals surface area contributed by atoms with E-state index in [0.717, 1.165) is 0 Å². The van der Waals surface area contributed by atoms with Crippen LogP contribution in [0.1, 0.15) is 24.2 Å². The van der Waals surface area contributed by atoms with Crippen LogP contribution in [0, 0.1) is 5.82 Å². The minimum absolute atomic E-state index is 0.0280. The molecule has 0 spiro atoms. The van der Waals surface area contributed by atoms with Crippen molar-refractivity contribution in [3.05, 3.63) is 29.6 Å². The van der Waals surface area contributed by atoms with Crippen LogP contribution in [0.25, 0.3) is 0 Å². The number of carboxylic acids is 1. The summed E-state index contributed by atoms with van der Waals surface area (Å²) in [6.45, 7) is 4.63. The molecule has 0 amide bonds. The highest BCUT2D eigenvalue weighted by Gasteiger charge is 2.22. The van der Waals surface area contributed by atoms with Crippen LogP contribution in [-0.4, -0.2) is 37.4 Å². The molecule has 0 heterocycles. The van der Waals surface area contributed by atoms with Crippen molar-refractivity contribution < 1.29 is 19.0 Å². The lowest BCUT2D eigenvalue weighted by Crippen LogP contribution is -2.37. The lowest BCUT2D eigenvalue weighted by atomic mass is 10.1. The summed E-state index contributed by atoms with van der Waals surface area (Å²) in [5, 5.41) is 9.12. The van der Waals surface area contributed by atoms with E-state index < -0.39 is 11.8 Å². The summed E-state index contributed by atoms with van der Waals surface area (Å²) >= 11 is 0. The number of halogens is 1. The summed E-state index contributed by atoms with van der Waals surface area (Å²) in [5.41, 5.74) is 0.0943. The second kappa shape index (κ2) is 6.35. The molecule has 0 aliphatic heterocycles. The van der Waals surface area contributed by atoms with Crippen LogP contribution in [0.2, 0.25) is 0 Å². The fraction of sp³-hybridized carbons (Fsp3) is 0.462. The minimum atomic E-state index is -1.13. The second-order valence-electron chi connectivity index (χ2n) is 4.03. The SMILES string of the molecule is CCN(c1c(F)cccc1C(=O)O)C(C)COC. The molecule has 0 aliphatic carbocycles. The van der Waals surface area contributed by atoms with Crippen molar-refractivity contribution in [2.45, 2.75) is 19.9 Å². The van der Waals surface area contributed by atoms with Crippen LogP contribution in [0.3, 0.4) is 0 Å². The van der Waals surface area contributed by atoms with E-state index >= 15 is 0 Å². The summed E-state index contributed by atoms with van der Waals surface area (Å²) in [6.07, 6.45) is 0. The van der Waals surface area contributed by atoms with Gasteiger partial charge in [-0.25, -0.2) is 9.18 Å². The van der Waals surface area contributed by atoms with Gasteiger partial charge in [0.2, 0.25) is 0 Å². The Morgan fingerprint density at radius 3 is 2.72 bits per heavy atom. The normalized spacial score (nSPS) is 12.2. The number of rotatable bonds is 6. The largest absolute Gasteiger partial charge is 0.478 e.